The summed E-state index contributed by atoms with van der Waals surface area (Å²) in [4.78, 5) is 7.06. The third kappa shape index (κ3) is 2.97. The number of aryl methyl sites for hydroxylation is 1. The van der Waals surface area contributed by atoms with Gasteiger partial charge in [0.05, 0.1) is 6.20 Å². The third-order valence-electron chi connectivity index (χ3n) is 3.52. The van der Waals surface area contributed by atoms with Crippen LogP contribution < -0.4 is 0 Å². The molecule has 0 saturated heterocycles. The molecule has 0 aliphatic heterocycles. The van der Waals surface area contributed by atoms with E-state index in [-0.39, 0.29) is 0 Å². The summed E-state index contributed by atoms with van der Waals surface area (Å²) in [7, 11) is 1.91. The molecule has 0 saturated carbocycles. The van der Waals surface area contributed by atoms with Gasteiger partial charge in [-0.3, -0.25) is 4.90 Å². The summed E-state index contributed by atoms with van der Waals surface area (Å²) in [6.07, 6.45) is 2.00. The Bertz CT molecular complexity index is 722. The number of hydrogen-bond donors (Lipinski definition) is 1. The van der Waals surface area contributed by atoms with Crippen molar-refractivity contribution in [2.24, 2.45) is 0 Å². The summed E-state index contributed by atoms with van der Waals surface area (Å²) in [6.45, 7) is 2.68. The highest BCUT2D eigenvalue weighted by atomic mass is 32.1. The average Bonchev–Trinajstić information content (AvgIpc) is 3.07. The molecule has 0 aliphatic rings. The first-order valence-electron chi connectivity index (χ1n) is 6.88. The number of aliphatic hydroxyl groups excluding tert-OH is 1. The molecule has 0 radical (unpaired) electrons. The average molecular weight is 302 g/mol. The second-order valence-electron chi connectivity index (χ2n) is 5.09. The van der Waals surface area contributed by atoms with Crippen molar-refractivity contribution in [2.45, 2.75) is 19.6 Å². The summed E-state index contributed by atoms with van der Waals surface area (Å²) >= 11 is 1.47. The maximum atomic E-state index is 10.4. The van der Waals surface area contributed by atoms with Crippen LogP contribution in [0.4, 0.5) is 0 Å². The first kappa shape index (κ1) is 14.2. The van der Waals surface area contributed by atoms with Crippen LogP contribution in [0.3, 0.4) is 0 Å². The highest BCUT2D eigenvalue weighted by Crippen LogP contribution is 2.23. The third-order valence-corrected chi connectivity index (χ3v) is 4.51. The lowest BCUT2D eigenvalue weighted by molar-refractivity contribution is 0.0207. The Morgan fingerprint density at radius 2 is 2.10 bits per heavy atom. The summed E-state index contributed by atoms with van der Waals surface area (Å²) in [5, 5.41) is 15.5. The topological polar surface area (TPSA) is 53.7 Å². The minimum absolute atomic E-state index is 0.682. The second kappa shape index (κ2) is 5.93. The van der Waals surface area contributed by atoms with E-state index < -0.39 is 6.23 Å². The van der Waals surface area contributed by atoms with E-state index in [0.29, 0.717) is 5.01 Å². The molecule has 0 aliphatic carbocycles. The minimum Gasteiger partial charge on any atom is -0.371 e. The normalized spacial score (nSPS) is 13.1. The van der Waals surface area contributed by atoms with Crippen LogP contribution in [-0.4, -0.2) is 38.2 Å². The van der Waals surface area contributed by atoms with Crippen LogP contribution in [-0.2, 0) is 6.42 Å². The zero-order valence-electron chi connectivity index (χ0n) is 12.1. The van der Waals surface area contributed by atoms with Gasteiger partial charge in [-0.2, -0.15) is 5.10 Å². The van der Waals surface area contributed by atoms with Gasteiger partial charge in [-0.15, -0.1) is 0 Å². The zero-order valence-corrected chi connectivity index (χ0v) is 12.9. The second-order valence-corrected chi connectivity index (χ2v) is 6.13. The molecule has 21 heavy (non-hydrogen) atoms. The molecule has 0 bridgehead atoms. The van der Waals surface area contributed by atoms with Crippen molar-refractivity contribution in [1.82, 2.24) is 19.5 Å². The highest BCUT2D eigenvalue weighted by molar-refractivity contribution is 7.17. The number of fused-ring (bicyclic) bond motifs is 1. The molecule has 1 N–H and O–H groups in total. The predicted molar refractivity (Wildman–Crippen MR) is 83.3 cm³/mol. The standard InChI is InChI=1S/C15H18N4OS/c1-11-16-10-13-19(11)17-14(21-13)15(20)18(2)9-8-12-6-4-3-5-7-12/h3-7,10,15,20H,8-9H2,1-2H3. The van der Waals surface area contributed by atoms with Gasteiger partial charge in [0.15, 0.2) is 11.2 Å². The van der Waals surface area contributed by atoms with Crippen molar-refractivity contribution < 1.29 is 5.11 Å². The number of rotatable bonds is 5. The van der Waals surface area contributed by atoms with Crippen LogP contribution in [0.5, 0.6) is 0 Å². The molecule has 5 nitrogen and oxygen atoms in total. The van der Waals surface area contributed by atoms with Crippen LogP contribution in [0.25, 0.3) is 4.83 Å². The fourth-order valence-corrected chi connectivity index (χ4v) is 3.19. The smallest absolute Gasteiger partial charge is 0.161 e. The van der Waals surface area contributed by atoms with Gasteiger partial charge >= 0.3 is 0 Å². The van der Waals surface area contributed by atoms with Crippen LogP contribution in [0.1, 0.15) is 22.6 Å². The molecule has 110 valence electrons. The van der Waals surface area contributed by atoms with Gasteiger partial charge in [0, 0.05) is 6.54 Å². The molecule has 0 amide bonds. The molecular formula is C15H18N4OS. The lowest BCUT2D eigenvalue weighted by atomic mass is 10.1. The van der Waals surface area contributed by atoms with Gasteiger partial charge in [0.2, 0.25) is 0 Å². The van der Waals surface area contributed by atoms with Gasteiger partial charge in [-0.25, -0.2) is 9.50 Å². The number of hydrogen-bond acceptors (Lipinski definition) is 5. The quantitative estimate of drug-likeness (QED) is 0.735. The highest BCUT2D eigenvalue weighted by Gasteiger charge is 2.19. The van der Waals surface area contributed by atoms with Crippen LogP contribution >= 0.6 is 11.3 Å². The predicted octanol–water partition coefficient (Wildman–Crippen LogP) is 2.26. The Kier molecular flexibility index (Phi) is 4.01. The SMILES string of the molecule is Cc1ncc2sc(C(O)N(C)CCc3ccccc3)nn12. The molecule has 3 rings (SSSR count). The molecule has 1 atom stereocenters. The van der Waals surface area contributed by atoms with E-state index in [1.807, 2.05) is 37.1 Å². The minimum atomic E-state index is -0.682. The van der Waals surface area contributed by atoms with Crippen molar-refractivity contribution in [3.05, 3.63) is 52.9 Å². The molecule has 0 spiro atoms. The van der Waals surface area contributed by atoms with E-state index in [4.69, 9.17) is 0 Å². The monoisotopic (exact) mass is 302 g/mol. The zero-order chi connectivity index (χ0) is 14.8. The molecule has 1 unspecified atom stereocenters. The number of aliphatic hydroxyl groups is 1. The van der Waals surface area contributed by atoms with Gasteiger partial charge < -0.3 is 5.11 Å². The van der Waals surface area contributed by atoms with Gasteiger partial charge in [0.25, 0.3) is 0 Å². The Balaban J connectivity index is 1.67. The Hall–Kier alpha value is -1.76. The van der Waals surface area contributed by atoms with Gasteiger partial charge in [-0.1, -0.05) is 41.7 Å². The van der Waals surface area contributed by atoms with Crippen molar-refractivity contribution in [2.75, 3.05) is 13.6 Å². The summed E-state index contributed by atoms with van der Waals surface area (Å²) in [6, 6.07) is 10.3. The maximum Gasteiger partial charge on any atom is 0.161 e. The lowest BCUT2D eigenvalue weighted by Gasteiger charge is -2.21. The van der Waals surface area contributed by atoms with Crippen molar-refractivity contribution in [1.29, 1.82) is 0 Å². The molecule has 2 heterocycles. The van der Waals surface area contributed by atoms with E-state index in [1.165, 1.54) is 16.9 Å². The van der Waals surface area contributed by atoms with E-state index in [1.54, 1.807) is 10.7 Å². The summed E-state index contributed by atoms with van der Waals surface area (Å²) < 4.78 is 1.77. The first-order chi connectivity index (χ1) is 10.1. The number of imidazole rings is 1. The number of aromatic nitrogens is 3. The molecule has 2 aromatic heterocycles. The van der Waals surface area contributed by atoms with E-state index in [0.717, 1.165) is 23.6 Å². The van der Waals surface area contributed by atoms with Crippen LogP contribution in [0.15, 0.2) is 36.5 Å². The van der Waals surface area contributed by atoms with Gasteiger partial charge in [0.1, 0.15) is 10.7 Å². The Morgan fingerprint density at radius 3 is 2.81 bits per heavy atom. The lowest BCUT2D eigenvalue weighted by Crippen LogP contribution is -2.26. The first-order valence-corrected chi connectivity index (χ1v) is 7.70. The Morgan fingerprint density at radius 1 is 1.33 bits per heavy atom. The van der Waals surface area contributed by atoms with E-state index in [2.05, 4.69) is 22.2 Å². The number of benzene rings is 1. The molecular weight excluding hydrogens is 284 g/mol. The number of likely N-dealkylation sites (N-methyl/N-ethyl adjacent to an activating group) is 1. The fourth-order valence-electron chi connectivity index (χ4n) is 2.20. The van der Waals surface area contributed by atoms with E-state index in [9.17, 15) is 5.11 Å². The summed E-state index contributed by atoms with van der Waals surface area (Å²) in [5.74, 6) is 0.839. The van der Waals surface area contributed by atoms with Gasteiger partial charge in [-0.05, 0) is 26.0 Å². The fraction of sp³-hybridized carbons (Fsp3) is 0.333. The molecule has 0 fully saturated rings. The number of nitrogens with zero attached hydrogens (tertiary/aromatic N) is 4. The summed E-state index contributed by atoms with van der Waals surface area (Å²) in [5.41, 5.74) is 1.27. The largest absolute Gasteiger partial charge is 0.371 e. The van der Waals surface area contributed by atoms with Crippen LogP contribution in [0.2, 0.25) is 0 Å². The van der Waals surface area contributed by atoms with Crippen molar-refractivity contribution >= 4 is 16.2 Å². The molecule has 6 heteroatoms. The van der Waals surface area contributed by atoms with E-state index >= 15 is 0 Å². The Labute approximate surface area is 127 Å². The van der Waals surface area contributed by atoms with Crippen molar-refractivity contribution in [3.8, 4) is 0 Å². The molecule has 1 aromatic carbocycles. The van der Waals surface area contributed by atoms with Crippen LogP contribution in [0, 0.1) is 6.92 Å². The molecule has 3 aromatic rings. The van der Waals surface area contributed by atoms with Crippen molar-refractivity contribution in [3.63, 3.8) is 0 Å². The maximum absolute atomic E-state index is 10.4.